The molecule has 2 aromatic carbocycles. The molecule has 1 heterocycles. The monoisotopic (exact) mass is 322 g/mol. The van der Waals surface area contributed by atoms with Crippen LogP contribution in [0.25, 0.3) is 0 Å². The Morgan fingerprint density at radius 2 is 1.67 bits per heavy atom. The predicted molar refractivity (Wildman–Crippen MR) is 89.5 cm³/mol. The first-order chi connectivity index (χ1) is 11.6. The van der Waals surface area contributed by atoms with Crippen LogP contribution in [-0.4, -0.2) is 16.9 Å². The number of cyclic esters (lactones) is 1. The van der Waals surface area contributed by atoms with E-state index < -0.39 is 24.0 Å². The smallest absolute Gasteiger partial charge is 0.414 e. The fourth-order valence-corrected chi connectivity index (χ4v) is 2.98. The molecule has 2 amide bonds. The molecule has 122 valence electrons. The number of hydrogen-bond acceptors (Lipinski definition) is 3. The molecule has 5 nitrogen and oxygen atoms in total. The van der Waals surface area contributed by atoms with Gasteiger partial charge < -0.3 is 10.5 Å². The van der Waals surface area contributed by atoms with Crippen molar-refractivity contribution in [2.24, 2.45) is 11.7 Å². The summed E-state index contributed by atoms with van der Waals surface area (Å²) in [6, 6.07) is 18.3. The minimum Gasteiger partial charge on any atom is -0.414 e. The maximum atomic E-state index is 12.5. The standard InChI is InChI=1S/C19H18N2O3/c1-13-16(18(20)22)17(15-10-6-3-7-11-15)21(19(23)24-13)12-14-8-4-2-5-9-14/h2-11,16-17H,1,12H2,(H2,20,22)/t16-,17+/m0/s1. The van der Waals surface area contributed by atoms with Gasteiger partial charge >= 0.3 is 6.09 Å². The number of nitrogens with zero attached hydrogens (tertiary/aromatic N) is 1. The van der Waals surface area contributed by atoms with Crippen molar-refractivity contribution in [2.45, 2.75) is 12.6 Å². The lowest BCUT2D eigenvalue weighted by Crippen LogP contribution is -2.48. The van der Waals surface area contributed by atoms with Crippen molar-refractivity contribution in [3.63, 3.8) is 0 Å². The molecule has 0 saturated carbocycles. The molecule has 0 aliphatic carbocycles. The Bertz CT molecular complexity index is 759. The summed E-state index contributed by atoms with van der Waals surface area (Å²) in [5.41, 5.74) is 7.32. The highest BCUT2D eigenvalue weighted by Gasteiger charge is 2.43. The van der Waals surface area contributed by atoms with E-state index in [-0.39, 0.29) is 5.76 Å². The number of ether oxygens (including phenoxy) is 1. The number of benzene rings is 2. The maximum Gasteiger partial charge on any atom is 0.415 e. The molecule has 1 fully saturated rings. The first-order valence-corrected chi connectivity index (χ1v) is 7.63. The Morgan fingerprint density at radius 3 is 2.25 bits per heavy atom. The molecule has 1 aliphatic heterocycles. The molecule has 1 saturated heterocycles. The van der Waals surface area contributed by atoms with E-state index in [4.69, 9.17) is 10.5 Å². The van der Waals surface area contributed by atoms with Gasteiger partial charge in [-0.15, -0.1) is 0 Å². The van der Waals surface area contributed by atoms with Gasteiger partial charge in [0.05, 0.1) is 6.04 Å². The number of rotatable bonds is 4. The Balaban J connectivity index is 2.03. The first kappa shape index (κ1) is 15.8. The van der Waals surface area contributed by atoms with E-state index in [1.807, 2.05) is 60.7 Å². The molecule has 1 aliphatic rings. The highest BCUT2D eigenvalue weighted by atomic mass is 16.6. The SMILES string of the molecule is C=C1OC(=O)N(Cc2ccccc2)[C@H](c2ccccc2)[C@H]1C(N)=O. The van der Waals surface area contributed by atoms with E-state index in [1.165, 1.54) is 4.90 Å². The molecule has 24 heavy (non-hydrogen) atoms. The Morgan fingerprint density at radius 1 is 1.08 bits per heavy atom. The van der Waals surface area contributed by atoms with Crippen LogP contribution in [0.15, 0.2) is 73.0 Å². The number of nitrogens with two attached hydrogens (primary N) is 1. The van der Waals surface area contributed by atoms with Crippen molar-refractivity contribution in [2.75, 3.05) is 0 Å². The van der Waals surface area contributed by atoms with Gasteiger partial charge in [-0.25, -0.2) is 4.79 Å². The molecule has 0 bridgehead atoms. The number of hydrogen-bond donors (Lipinski definition) is 1. The lowest BCUT2D eigenvalue weighted by atomic mass is 9.88. The molecule has 2 N–H and O–H groups in total. The average molecular weight is 322 g/mol. The van der Waals surface area contributed by atoms with Gasteiger partial charge in [0.1, 0.15) is 11.7 Å². The van der Waals surface area contributed by atoms with E-state index in [2.05, 4.69) is 6.58 Å². The van der Waals surface area contributed by atoms with Gasteiger partial charge in [-0.1, -0.05) is 67.2 Å². The molecule has 2 aromatic rings. The minimum absolute atomic E-state index is 0.0886. The first-order valence-electron chi connectivity index (χ1n) is 7.63. The second kappa shape index (κ2) is 6.58. The number of carbonyl (C=O) groups is 2. The quantitative estimate of drug-likeness (QED) is 0.940. The topological polar surface area (TPSA) is 72.6 Å². The van der Waals surface area contributed by atoms with E-state index in [1.54, 1.807) is 0 Å². The summed E-state index contributed by atoms with van der Waals surface area (Å²) in [4.78, 5) is 26.0. The zero-order valence-corrected chi connectivity index (χ0v) is 13.1. The van der Waals surface area contributed by atoms with E-state index in [0.29, 0.717) is 6.54 Å². The summed E-state index contributed by atoms with van der Waals surface area (Å²) < 4.78 is 5.19. The third-order valence-electron chi connectivity index (χ3n) is 4.09. The summed E-state index contributed by atoms with van der Waals surface area (Å²) in [5, 5.41) is 0. The third-order valence-corrected chi connectivity index (χ3v) is 4.09. The van der Waals surface area contributed by atoms with Crippen molar-refractivity contribution < 1.29 is 14.3 Å². The molecule has 0 aromatic heterocycles. The van der Waals surface area contributed by atoms with Crippen molar-refractivity contribution >= 4 is 12.0 Å². The van der Waals surface area contributed by atoms with Gasteiger partial charge in [0.25, 0.3) is 0 Å². The van der Waals surface area contributed by atoms with Gasteiger partial charge in [-0.2, -0.15) is 0 Å². The van der Waals surface area contributed by atoms with Gasteiger partial charge in [0, 0.05) is 6.54 Å². The minimum atomic E-state index is -0.797. The normalized spacial score (nSPS) is 20.6. The molecule has 0 unspecified atom stereocenters. The molecular formula is C19H18N2O3. The van der Waals surface area contributed by atoms with Crippen molar-refractivity contribution in [1.29, 1.82) is 0 Å². The molecule has 3 rings (SSSR count). The summed E-state index contributed by atoms with van der Waals surface area (Å²) in [7, 11) is 0. The molecule has 0 radical (unpaired) electrons. The zero-order valence-electron chi connectivity index (χ0n) is 13.1. The Labute approximate surface area is 140 Å². The zero-order chi connectivity index (χ0) is 17.1. The van der Waals surface area contributed by atoms with Crippen LogP contribution in [0.4, 0.5) is 4.79 Å². The lowest BCUT2D eigenvalue weighted by Gasteiger charge is -2.40. The second-order valence-electron chi connectivity index (χ2n) is 5.68. The van der Waals surface area contributed by atoms with Crippen LogP contribution in [0, 0.1) is 5.92 Å². The lowest BCUT2D eigenvalue weighted by molar-refractivity contribution is -0.125. The maximum absolute atomic E-state index is 12.5. The third kappa shape index (κ3) is 3.01. The van der Waals surface area contributed by atoms with Gasteiger partial charge in [0.2, 0.25) is 5.91 Å². The number of amides is 2. The van der Waals surface area contributed by atoms with Gasteiger partial charge in [-0.05, 0) is 11.1 Å². The highest BCUT2D eigenvalue weighted by Crippen LogP contribution is 2.39. The van der Waals surface area contributed by atoms with Crippen LogP contribution in [0.2, 0.25) is 0 Å². The summed E-state index contributed by atoms with van der Waals surface area (Å²) in [6.45, 7) is 4.03. The van der Waals surface area contributed by atoms with Crippen LogP contribution in [0.5, 0.6) is 0 Å². The molecule has 2 atom stereocenters. The highest BCUT2D eigenvalue weighted by molar-refractivity contribution is 5.84. The predicted octanol–water partition coefficient (Wildman–Crippen LogP) is 3.00. The summed E-state index contributed by atoms with van der Waals surface area (Å²) in [5.74, 6) is -1.28. The van der Waals surface area contributed by atoms with Crippen molar-refractivity contribution in [3.05, 3.63) is 84.1 Å². The summed E-state index contributed by atoms with van der Waals surface area (Å²) in [6.07, 6.45) is -0.532. The van der Waals surface area contributed by atoms with Crippen LogP contribution >= 0.6 is 0 Å². The van der Waals surface area contributed by atoms with Crippen LogP contribution < -0.4 is 5.73 Å². The Hall–Kier alpha value is -3.08. The van der Waals surface area contributed by atoms with E-state index in [0.717, 1.165) is 11.1 Å². The summed E-state index contributed by atoms with van der Waals surface area (Å²) >= 11 is 0. The fraction of sp³-hybridized carbons (Fsp3) is 0.158. The largest absolute Gasteiger partial charge is 0.415 e. The van der Waals surface area contributed by atoms with E-state index in [9.17, 15) is 9.59 Å². The van der Waals surface area contributed by atoms with Crippen LogP contribution in [0.3, 0.4) is 0 Å². The molecule has 0 spiro atoms. The van der Waals surface area contributed by atoms with Crippen molar-refractivity contribution in [3.8, 4) is 0 Å². The van der Waals surface area contributed by atoms with Crippen LogP contribution in [-0.2, 0) is 16.1 Å². The average Bonchev–Trinajstić information content (AvgIpc) is 2.58. The molecular weight excluding hydrogens is 304 g/mol. The fourth-order valence-electron chi connectivity index (χ4n) is 2.98. The van der Waals surface area contributed by atoms with E-state index >= 15 is 0 Å². The van der Waals surface area contributed by atoms with Gasteiger partial charge in [0.15, 0.2) is 0 Å². The van der Waals surface area contributed by atoms with Crippen molar-refractivity contribution in [1.82, 2.24) is 4.90 Å². The second-order valence-corrected chi connectivity index (χ2v) is 5.68. The van der Waals surface area contributed by atoms with Crippen LogP contribution in [0.1, 0.15) is 17.2 Å². The number of primary amides is 1. The Kier molecular flexibility index (Phi) is 4.33. The number of carbonyl (C=O) groups excluding carboxylic acids is 2. The molecule has 5 heteroatoms. The van der Waals surface area contributed by atoms with Gasteiger partial charge in [-0.3, -0.25) is 9.69 Å².